The van der Waals surface area contributed by atoms with Gasteiger partial charge in [-0.3, -0.25) is 9.20 Å². The molecule has 34 heavy (non-hydrogen) atoms. The van der Waals surface area contributed by atoms with Gasteiger partial charge in [-0.2, -0.15) is 13.2 Å². The lowest BCUT2D eigenvalue weighted by Crippen LogP contribution is -2.39. The number of fused-ring (bicyclic) bond motifs is 2. The molecule has 11 heteroatoms. The second-order valence-electron chi connectivity index (χ2n) is 8.42. The van der Waals surface area contributed by atoms with E-state index < -0.39 is 12.0 Å². The number of carbonyl (C=O) groups is 1. The summed E-state index contributed by atoms with van der Waals surface area (Å²) in [5, 5.41) is 6.93. The van der Waals surface area contributed by atoms with Crippen molar-refractivity contribution < 1.29 is 18.0 Å². The molecule has 0 saturated heterocycles. The summed E-state index contributed by atoms with van der Waals surface area (Å²) in [7, 11) is 0. The number of halogens is 3. The second-order valence-corrected chi connectivity index (χ2v) is 8.42. The minimum Gasteiger partial charge on any atom is -0.328 e. The first-order valence-corrected chi connectivity index (χ1v) is 10.7. The van der Waals surface area contributed by atoms with Crippen molar-refractivity contribution in [3.63, 3.8) is 0 Å². The molecule has 3 aromatic heterocycles. The lowest BCUT2D eigenvalue weighted by Gasteiger charge is -2.27. The Bertz CT molecular complexity index is 1420. The van der Waals surface area contributed by atoms with Crippen molar-refractivity contribution in [2.45, 2.75) is 39.7 Å². The molecule has 0 spiro atoms. The maximum absolute atomic E-state index is 13.4. The molecule has 0 aliphatic carbocycles. The van der Waals surface area contributed by atoms with E-state index in [2.05, 4.69) is 21.2 Å². The van der Waals surface area contributed by atoms with Gasteiger partial charge in [0, 0.05) is 31.4 Å². The Hall–Kier alpha value is -3.73. The second kappa shape index (κ2) is 7.94. The molecule has 1 aliphatic heterocycles. The average molecular weight is 469 g/mol. The van der Waals surface area contributed by atoms with E-state index in [1.165, 1.54) is 11.1 Å². The fourth-order valence-electron chi connectivity index (χ4n) is 4.45. The third kappa shape index (κ3) is 3.61. The maximum Gasteiger partial charge on any atom is 0.451 e. The molecule has 0 bridgehead atoms. The molecule has 0 saturated carbocycles. The summed E-state index contributed by atoms with van der Waals surface area (Å²) in [5.74, 6) is -1.29. The van der Waals surface area contributed by atoms with Crippen molar-refractivity contribution in [3.8, 4) is 11.1 Å². The fraction of sp³-hybridized carbons (Fsp3) is 0.304. The van der Waals surface area contributed by atoms with Crippen molar-refractivity contribution in [2.75, 3.05) is 6.54 Å². The molecular weight excluding hydrogens is 447 g/mol. The van der Waals surface area contributed by atoms with E-state index in [-0.39, 0.29) is 31.4 Å². The molecule has 2 N–H and O–H groups in total. The zero-order valence-electron chi connectivity index (χ0n) is 18.6. The van der Waals surface area contributed by atoms with Gasteiger partial charge in [-0.25, -0.2) is 4.98 Å². The standard InChI is InChI=1S/C23H22F3N7O/c1-13-3-4-16(14(2)7-13)17-11-33-18(10-28-19(33)8-15(17)9-27)21(34)31-5-6-32-20(12-31)29-30-22(32)23(24,25)26/h3-4,7-8,10-11H,5-6,9,12,27H2,1-2H3. The maximum atomic E-state index is 13.4. The van der Waals surface area contributed by atoms with Crippen LogP contribution in [0.25, 0.3) is 16.8 Å². The molecular formula is C23H22F3N7O. The summed E-state index contributed by atoms with van der Waals surface area (Å²) in [6, 6.07) is 7.98. The van der Waals surface area contributed by atoms with E-state index in [1.807, 2.05) is 38.2 Å². The van der Waals surface area contributed by atoms with Crippen molar-refractivity contribution in [3.05, 3.63) is 70.7 Å². The number of nitrogens with two attached hydrogens (primary N) is 1. The number of alkyl halides is 3. The van der Waals surface area contributed by atoms with Gasteiger partial charge in [0.25, 0.3) is 5.91 Å². The van der Waals surface area contributed by atoms with Gasteiger partial charge >= 0.3 is 6.18 Å². The lowest BCUT2D eigenvalue weighted by atomic mass is 9.96. The molecule has 1 amide bonds. The molecule has 176 valence electrons. The Morgan fingerprint density at radius 1 is 1.12 bits per heavy atom. The number of hydrogen-bond acceptors (Lipinski definition) is 5. The van der Waals surface area contributed by atoms with Gasteiger partial charge in [0.1, 0.15) is 11.3 Å². The third-order valence-corrected chi connectivity index (χ3v) is 6.14. The number of amides is 1. The number of carbonyl (C=O) groups excluding carboxylic acids is 1. The van der Waals surface area contributed by atoms with Gasteiger partial charge in [0.05, 0.1) is 12.7 Å². The number of aryl methyl sites for hydroxylation is 2. The number of rotatable bonds is 3. The molecule has 1 aliphatic rings. The van der Waals surface area contributed by atoms with Crippen LogP contribution >= 0.6 is 0 Å². The third-order valence-electron chi connectivity index (χ3n) is 6.14. The van der Waals surface area contributed by atoms with Gasteiger partial charge in [-0.1, -0.05) is 23.8 Å². The van der Waals surface area contributed by atoms with Gasteiger partial charge < -0.3 is 15.2 Å². The first-order valence-electron chi connectivity index (χ1n) is 10.7. The molecule has 4 heterocycles. The van der Waals surface area contributed by atoms with Crippen LogP contribution in [0.15, 0.2) is 36.7 Å². The summed E-state index contributed by atoms with van der Waals surface area (Å²) in [6.45, 7) is 4.34. The van der Waals surface area contributed by atoms with E-state index in [9.17, 15) is 18.0 Å². The van der Waals surface area contributed by atoms with Gasteiger partial charge in [-0.15, -0.1) is 10.2 Å². The Morgan fingerprint density at radius 2 is 1.91 bits per heavy atom. The zero-order valence-corrected chi connectivity index (χ0v) is 18.6. The number of imidazole rings is 1. The van der Waals surface area contributed by atoms with Gasteiger partial charge in [0.15, 0.2) is 5.82 Å². The van der Waals surface area contributed by atoms with Crippen LogP contribution in [0.2, 0.25) is 0 Å². The summed E-state index contributed by atoms with van der Waals surface area (Å²) in [4.78, 5) is 19.2. The predicted molar refractivity (Wildman–Crippen MR) is 118 cm³/mol. The zero-order chi connectivity index (χ0) is 24.2. The monoisotopic (exact) mass is 469 g/mol. The SMILES string of the molecule is Cc1ccc(-c2cn3c(C(=O)N4CCn5c(nnc5C(F)(F)F)C4)cnc3cc2CN)c(C)c1. The summed E-state index contributed by atoms with van der Waals surface area (Å²) in [6.07, 6.45) is -1.27. The quantitative estimate of drug-likeness (QED) is 0.497. The van der Waals surface area contributed by atoms with Crippen LogP contribution in [0.5, 0.6) is 0 Å². The Kier molecular flexibility index (Phi) is 5.16. The van der Waals surface area contributed by atoms with Gasteiger partial charge in [0.2, 0.25) is 5.82 Å². The van der Waals surface area contributed by atoms with E-state index in [0.29, 0.717) is 17.9 Å². The number of benzene rings is 1. The highest BCUT2D eigenvalue weighted by molar-refractivity contribution is 5.93. The van der Waals surface area contributed by atoms with Crippen molar-refractivity contribution in [2.24, 2.45) is 5.73 Å². The number of nitrogens with zero attached hydrogens (tertiary/aromatic N) is 6. The van der Waals surface area contributed by atoms with Crippen LogP contribution in [0, 0.1) is 13.8 Å². The predicted octanol–water partition coefficient (Wildman–Crippen LogP) is 3.34. The smallest absolute Gasteiger partial charge is 0.328 e. The average Bonchev–Trinajstić information content (AvgIpc) is 3.41. The van der Waals surface area contributed by atoms with E-state index in [0.717, 1.165) is 32.4 Å². The van der Waals surface area contributed by atoms with Crippen LogP contribution in [0.1, 0.15) is 38.8 Å². The van der Waals surface area contributed by atoms with Gasteiger partial charge in [-0.05, 0) is 36.6 Å². The molecule has 4 aromatic rings. The lowest BCUT2D eigenvalue weighted by molar-refractivity contribution is -0.147. The number of hydrogen-bond donors (Lipinski definition) is 1. The number of pyridine rings is 1. The van der Waals surface area contributed by atoms with E-state index >= 15 is 0 Å². The summed E-state index contributed by atoms with van der Waals surface area (Å²) < 4.78 is 42.1. The Morgan fingerprint density at radius 3 is 2.62 bits per heavy atom. The largest absolute Gasteiger partial charge is 0.451 e. The Labute approximate surface area is 192 Å². The molecule has 0 atom stereocenters. The highest BCUT2D eigenvalue weighted by atomic mass is 19.4. The highest BCUT2D eigenvalue weighted by Crippen LogP contribution is 2.31. The number of aromatic nitrogens is 5. The first kappa shape index (κ1) is 22.1. The molecule has 0 radical (unpaired) electrons. The van der Waals surface area contributed by atoms with E-state index in [1.54, 1.807) is 4.40 Å². The topological polar surface area (TPSA) is 94.3 Å². The Balaban J connectivity index is 1.52. The molecule has 5 rings (SSSR count). The minimum absolute atomic E-state index is 0.0369. The normalized spacial score (nSPS) is 14.0. The van der Waals surface area contributed by atoms with Crippen LogP contribution in [-0.2, 0) is 25.8 Å². The fourth-order valence-corrected chi connectivity index (χ4v) is 4.45. The van der Waals surface area contributed by atoms with Crippen LogP contribution in [0.4, 0.5) is 13.2 Å². The highest BCUT2D eigenvalue weighted by Gasteiger charge is 2.40. The minimum atomic E-state index is -4.59. The van der Waals surface area contributed by atoms with Crippen molar-refractivity contribution in [1.82, 2.24) is 29.0 Å². The van der Waals surface area contributed by atoms with Crippen molar-refractivity contribution >= 4 is 11.6 Å². The summed E-state index contributed by atoms with van der Waals surface area (Å²) >= 11 is 0. The van der Waals surface area contributed by atoms with E-state index in [4.69, 9.17) is 5.73 Å². The van der Waals surface area contributed by atoms with Crippen molar-refractivity contribution in [1.29, 1.82) is 0 Å². The van der Waals surface area contributed by atoms with Crippen LogP contribution < -0.4 is 5.73 Å². The molecule has 1 aromatic carbocycles. The summed E-state index contributed by atoms with van der Waals surface area (Å²) in [5.41, 5.74) is 11.9. The molecule has 0 fully saturated rings. The van der Waals surface area contributed by atoms with Crippen LogP contribution in [0.3, 0.4) is 0 Å². The molecule has 8 nitrogen and oxygen atoms in total. The van der Waals surface area contributed by atoms with Crippen LogP contribution in [-0.4, -0.2) is 41.5 Å². The first-order chi connectivity index (χ1) is 16.2. The molecule has 0 unspecified atom stereocenters.